The third kappa shape index (κ3) is 3.61. The van der Waals surface area contributed by atoms with Gasteiger partial charge in [0.2, 0.25) is 0 Å². The third-order valence-corrected chi connectivity index (χ3v) is 3.79. The molecule has 0 amide bonds. The Hall–Kier alpha value is -1.26. The van der Waals surface area contributed by atoms with Crippen LogP contribution in [0.1, 0.15) is 43.1 Å². The second-order valence-corrected chi connectivity index (χ2v) is 6.59. The van der Waals surface area contributed by atoms with Crippen molar-refractivity contribution in [3.63, 3.8) is 0 Å². The minimum Gasteiger partial charge on any atom is -0.388 e. The number of aliphatic hydroxyl groups excluding tert-OH is 1. The molecule has 1 aromatic heterocycles. The van der Waals surface area contributed by atoms with Crippen LogP contribution in [0.25, 0.3) is 0 Å². The topological polar surface area (TPSA) is 33.1 Å². The van der Waals surface area contributed by atoms with Crippen molar-refractivity contribution < 1.29 is 9.50 Å². The van der Waals surface area contributed by atoms with Crippen molar-refractivity contribution in [2.45, 2.75) is 38.7 Å². The lowest BCUT2D eigenvalue weighted by molar-refractivity contribution is 0.178. The van der Waals surface area contributed by atoms with Gasteiger partial charge >= 0.3 is 0 Å². The Labute approximate surface area is 116 Å². The van der Waals surface area contributed by atoms with Gasteiger partial charge in [-0.05, 0) is 17.7 Å². The fourth-order valence-electron chi connectivity index (χ4n) is 1.75. The van der Waals surface area contributed by atoms with Gasteiger partial charge in [0.25, 0.3) is 0 Å². The van der Waals surface area contributed by atoms with Crippen molar-refractivity contribution in [3.05, 3.63) is 51.7 Å². The van der Waals surface area contributed by atoms with Gasteiger partial charge in [0.15, 0.2) is 0 Å². The number of benzene rings is 1. The molecule has 0 radical (unpaired) electrons. The smallest absolute Gasteiger partial charge is 0.123 e. The van der Waals surface area contributed by atoms with E-state index in [1.165, 1.54) is 23.5 Å². The zero-order chi connectivity index (χ0) is 14.0. The molecular formula is C15H18FNOS. The summed E-state index contributed by atoms with van der Waals surface area (Å²) in [4.78, 5) is 4.53. The molecule has 102 valence electrons. The predicted molar refractivity (Wildman–Crippen MR) is 75.9 cm³/mol. The van der Waals surface area contributed by atoms with Crippen LogP contribution < -0.4 is 0 Å². The molecule has 0 aliphatic heterocycles. The van der Waals surface area contributed by atoms with Crippen LogP contribution in [0, 0.1) is 5.82 Å². The molecule has 1 atom stereocenters. The Balaban J connectivity index is 2.11. The summed E-state index contributed by atoms with van der Waals surface area (Å²) in [6.07, 6.45) is -0.292. The summed E-state index contributed by atoms with van der Waals surface area (Å²) in [5, 5.41) is 13.0. The summed E-state index contributed by atoms with van der Waals surface area (Å²) in [6.45, 7) is 6.32. The van der Waals surface area contributed by atoms with E-state index in [4.69, 9.17) is 0 Å². The molecule has 1 heterocycles. The first-order valence-corrected chi connectivity index (χ1v) is 7.12. The molecule has 19 heavy (non-hydrogen) atoms. The second-order valence-electron chi connectivity index (χ2n) is 5.65. The number of nitrogens with zero attached hydrogens (tertiary/aromatic N) is 1. The number of hydrogen-bond acceptors (Lipinski definition) is 3. The highest BCUT2D eigenvalue weighted by molar-refractivity contribution is 7.09. The summed E-state index contributed by atoms with van der Waals surface area (Å²) in [7, 11) is 0. The maximum atomic E-state index is 13.1. The molecule has 1 aromatic carbocycles. The minimum absolute atomic E-state index is 0.0125. The molecule has 2 aromatic rings. The van der Waals surface area contributed by atoms with Crippen LogP contribution in [0.5, 0.6) is 0 Å². The lowest BCUT2D eigenvalue weighted by Gasteiger charge is -2.14. The highest BCUT2D eigenvalue weighted by Crippen LogP contribution is 2.26. The maximum Gasteiger partial charge on any atom is 0.123 e. The molecule has 4 heteroatoms. The molecule has 2 rings (SSSR count). The number of halogens is 1. The van der Waals surface area contributed by atoms with Crippen LogP contribution >= 0.6 is 11.3 Å². The lowest BCUT2D eigenvalue weighted by Crippen LogP contribution is -2.12. The molecule has 0 bridgehead atoms. The van der Waals surface area contributed by atoms with E-state index in [-0.39, 0.29) is 11.2 Å². The summed E-state index contributed by atoms with van der Waals surface area (Å²) < 4.78 is 13.1. The summed E-state index contributed by atoms with van der Waals surface area (Å²) in [6, 6.07) is 6.07. The van der Waals surface area contributed by atoms with Crippen LogP contribution in [-0.2, 0) is 11.8 Å². The van der Waals surface area contributed by atoms with E-state index in [2.05, 4.69) is 25.8 Å². The second kappa shape index (κ2) is 5.39. The molecule has 0 spiro atoms. The number of rotatable bonds is 3. The van der Waals surface area contributed by atoms with E-state index in [0.29, 0.717) is 12.0 Å². The molecule has 2 nitrogen and oxygen atoms in total. The fraction of sp³-hybridized carbons (Fsp3) is 0.400. The predicted octanol–water partition coefficient (Wildman–Crippen LogP) is 3.86. The normalized spacial score (nSPS) is 13.5. The Morgan fingerprint density at radius 3 is 2.68 bits per heavy atom. The summed E-state index contributed by atoms with van der Waals surface area (Å²) >= 11 is 1.54. The highest BCUT2D eigenvalue weighted by Gasteiger charge is 2.19. The van der Waals surface area contributed by atoms with E-state index in [0.717, 1.165) is 10.7 Å². The Kier molecular flexibility index (Phi) is 4.02. The summed E-state index contributed by atoms with van der Waals surface area (Å²) in [5.74, 6) is -0.328. The first kappa shape index (κ1) is 14.2. The van der Waals surface area contributed by atoms with E-state index >= 15 is 0 Å². The van der Waals surface area contributed by atoms with Crippen molar-refractivity contribution in [2.75, 3.05) is 0 Å². The fourth-order valence-corrected chi connectivity index (χ4v) is 2.81. The minimum atomic E-state index is -0.713. The number of thiazole rings is 1. The van der Waals surface area contributed by atoms with Crippen LogP contribution in [0.3, 0.4) is 0 Å². The monoisotopic (exact) mass is 279 g/mol. The zero-order valence-corrected chi connectivity index (χ0v) is 12.2. The van der Waals surface area contributed by atoms with Crippen LogP contribution in [0.15, 0.2) is 29.6 Å². The van der Waals surface area contributed by atoms with Crippen molar-refractivity contribution in [1.82, 2.24) is 4.98 Å². The molecule has 0 aliphatic carbocycles. The Bertz CT molecular complexity index is 559. The van der Waals surface area contributed by atoms with Gasteiger partial charge in [-0.15, -0.1) is 11.3 Å². The van der Waals surface area contributed by atoms with Crippen molar-refractivity contribution in [2.24, 2.45) is 0 Å². The first-order chi connectivity index (χ1) is 8.86. The van der Waals surface area contributed by atoms with Gasteiger partial charge < -0.3 is 5.11 Å². The van der Waals surface area contributed by atoms with Crippen molar-refractivity contribution in [1.29, 1.82) is 0 Å². The SMILES string of the molecule is CC(C)(C)c1csc(CC(O)c2cccc(F)c2)n1. The average Bonchev–Trinajstić information content (AvgIpc) is 2.77. The van der Waals surface area contributed by atoms with Gasteiger partial charge in [0.1, 0.15) is 5.82 Å². The molecule has 1 N–H and O–H groups in total. The molecule has 0 aliphatic rings. The van der Waals surface area contributed by atoms with Gasteiger partial charge in [-0.3, -0.25) is 0 Å². The highest BCUT2D eigenvalue weighted by atomic mass is 32.1. The van der Waals surface area contributed by atoms with Gasteiger partial charge in [0.05, 0.1) is 16.8 Å². The van der Waals surface area contributed by atoms with E-state index in [1.807, 2.05) is 5.38 Å². The van der Waals surface area contributed by atoms with Crippen molar-refractivity contribution >= 4 is 11.3 Å². The quantitative estimate of drug-likeness (QED) is 0.925. The number of hydrogen-bond donors (Lipinski definition) is 1. The van der Waals surface area contributed by atoms with Crippen LogP contribution in [0.2, 0.25) is 0 Å². The molecule has 0 saturated carbocycles. The Morgan fingerprint density at radius 2 is 2.11 bits per heavy atom. The van der Waals surface area contributed by atoms with Gasteiger partial charge in [0, 0.05) is 17.2 Å². The first-order valence-electron chi connectivity index (χ1n) is 6.24. The summed E-state index contributed by atoms with van der Waals surface area (Å²) in [5.41, 5.74) is 1.63. The number of aromatic nitrogens is 1. The van der Waals surface area contributed by atoms with E-state index in [9.17, 15) is 9.50 Å². The van der Waals surface area contributed by atoms with Crippen LogP contribution in [0.4, 0.5) is 4.39 Å². The third-order valence-electron chi connectivity index (χ3n) is 2.92. The zero-order valence-electron chi connectivity index (χ0n) is 11.4. The number of aliphatic hydroxyl groups is 1. The van der Waals surface area contributed by atoms with Gasteiger partial charge in [-0.25, -0.2) is 9.37 Å². The molecular weight excluding hydrogens is 261 g/mol. The van der Waals surface area contributed by atoms with Crippen molar-refractivity contribution in [3.8, 4) is 0 Å². The lowest BCUT2D eigenvalue weighted by atomic mass is 9.93. The van der Waals surface area contributed by atoms with Gasteiger partial charge in [-0.1, -0.05) is 32.9 Å². The maximum absolute atomic E-state index is 13.1. The molecule has 1 unspecified atom stereocenters. The van der Waals surface area contributed by atoms with E-state index < -0.39 is 6.10 Å². The Morgan fingerprint density at radius 1 is 1.37 bits per heavy atom. The largest absolute Gasteiger partial charge is 0.388 e. The molecule has 0 fully saturated rings. The average molecular weight is 279 g/mol. The van der Waals surface area contributed by atoms with Gasteiger partial charge in [-0.2, -0.15) is 0 Å². The standard InChI is InChI=1S/C15H18FNOS/c1-15(2,3)13-9-19-14(17-13)8-12(18)10-5-4-6-11(16)7-10/h4-7,9,12,18H,8H2,1-3H3. The van der Waals surface area contributed by atoms with E-state index in [1.54, 1.807) is 12.1 Å². The molecule has 0 saturated heterocycles. The van der Waals surface area contributed by atoms with Crippen LogP contribution in [-0.4, -0.2) is 10.1 Å².